The van der Waals surface area contributed by atoms with E-state index in [0.717, 1.165) is 15.8 Å². The summed E-state index contributed by atoms with van der Waals surface area (Å²) in [6, 6.07) is 4.00. The Morgan fingerprint density at radius 3 is 2.95 bits per heavy atom. The van der Waals surface area contributed by atoms with E-state index in [4.69, 9.17) is 10.3 Å². The lowest BCUT2D eigenvalue weighted by atomic mass is 9.85. The van der Waals surface area contributed by atoms with E-state index in [-0.39, 0.29) is 11.5 Å². The van der Waals surface area contributed by atoms with Gasteiger partial charge in [-0.25, -0.2) is 0 Å². The highest BCUT2D eigenvalue weighted by atomic mass is 32.1. The summed E-state index contributed by atoms with van der Waals surface area (Å²) in [6.07, 6.45) is 2.35. The van der Waals surface area contributed by atoms with Crippen molar-refractivity contribution in [2.75, 3.05) is 0 Å². The average molecular weight is 302 g/mol. The van der Waals surface area contributed by atoms with E-state index >= 15 is 0 Å². The first kappa shape index (κ1) is 14.2. The predicted molar refractivity (Wildman–Crippen MR) is 84.0 cm³/mol. The van der Waals surface area contributed by atoms with Crippen molar-refractivity contribution in [3.8, 4) is 11.4 Å². The molecular formula is C15H18N4OS. The Kier molecular flexibility index (Phi) is 3.51. The van der Waals surface area contributed by atoms with Crippen molar-refractivity contribution >= 4 is 21.6 Å². The van der Waals surface area contributed by atoms with Gasteiger partial charge >= 0.3 is 0 Å². The minimum absolute atomic E-state index is 0.00602. The fourth-order valence-corrected chi connectivity index (χ4v) is 2.70. The molecule has 0 radical (unpaired) electrons. The first-order valence-electron chi connectivity index (χ1n) is 6.85. The van der Waals surface area contributed by atoms with Crippen LogP contribution >= 0.6 is 11.3 Å². The molecule has 0 saturated carbocycles. The summed E-state index contributed by atoms with van der Waals surface area (Å²) in [4.78, 5) is 8.82. The Labute approximate surface area is 127 Å². The number of hydrogen-bond acceptors (Lipinski definition) is 6. The molecule has 110 valence electrons. The average Bonchev–Trinajstić information content (AvgIpc) is 3.04. The maximum atomic E-state index is 6.15. The van der Waals surface area contributed by atoms with E-state index in [9.17, 15) is 0 Å². The normalized spacial score (nSPS) is 13.7. The van der Waals surface area contributed by atoms with Gasteiger partial charge in [0.05, 0.1) is 10.2 Å². The largest absolute Gasteiger partial charge is 0.339 e. The molecule has 0 spiro atoms. The molecule has 0 aromatic carbocycles. The van der Waals surface area contributed by atoms with Crippen LogP contribution in [0.5, 0.6) is 0 Å². The molecule has 0 aliphatic carbocycles. The van der Waals surface area contributed by atoms with Crippen molar-refractivity contribution in [1.29, 1.82) is 0 Å². The summed E-state index contributed by atoms with van der Waals surface area (Å²) < 4.78 is 6.43. The Morgan fingerprint density at radius 1 is 1.38 bits per heavy atom. The van der Waals surface area contributed by atoms with Crippen LogP contribution in [0.1, 0.15) is 26.7 Å². The maximum Gasteiger partial charge on any atom is 0.228 e. The second-order valence-electron chi connectivity index (χ2n) is 6.22. The lowest BCUT2D eigenvalue weighted by Gasteiger charge is -2.25. The Hall–Kier alpha value is -1.79. The van der Waals surface area contributed by atoms with Crippen LogP contribution in [0.2, 0.25) is 0 Å². The number of nitrogens with two attached hydrogens (primary N) is 1. The minimum atomic E-state index is -0.0244. The summed E-state index contributed by atoms with van der Waals surface area (Å²) in [7, 11) is 0. The van der Waals surface area contributed by atoms with Crippen LogP contribution < -0.4 is 5.73 Å². The van der Waals surface area contributed by atoms with Gasteiger partial charge in [-0.05, 0) is 22.9 Å². The van der Waals surface area contributed by atoms with E-state index < -0.39 is 0 Å². The molecule has 1 unspecified atom stereocenters. The first-order valence-corrected chi connectivity index (χ1v) is 7.73. The topological polar surface area (TPSA) is 77.8 Å². The molecule has 0 saturated heterocycles. The number of hydrogen-bond donors (Lipinski definition) is 1. The zero-order valence-electron chi connectivity index (χ0n) is 12.3. The van der Waals surface area contributed by atoms with Crippen LogP contribution in [-0.2, 0) is 6.42 Å². The lowest BCUT2D eigenvalue weighted by Crippen LogP contribution is -2.36. The Bertz CT molecular complexity index is 756. The summed E-state index contributed by atoms with van der Waals surface area (Å²) >= 11 is 1.65. The fraction of sp³-hybridized carbons (Fsp3) is 0.400. The van der Waals surface area contributed by atoms with Crippen molar-refractivity contribution in [3.05, 3.63) is 29.6 Å². The molecule has 0 aliphatic rings. The third-order valence-electron chi connectivity index (χ3n) is 3.54. The van der Waals surface area contributed by atoms with Crippen molar-refractivity contribution in [2.24, 2.45) is 11.1 Å². The number of pyridine rings is 1. The van der Waals surface area contributed by atoms with Gasteiger partial charge in [0, 0.05) is 24.2 Å². The zero-order chi connectivity index (χ0) is 15.0. The molecule has 3 aromatic heterocycles. The van der Waals surface area contributed by atoms with Gasteiger partial charge in [-0.1, -0.05) is 25.9 Å². The van der Waals surface area contributed by atoms with Crippen LogP contribution in [0.3, 0.4) is 0 Å². The quantitative estimate of drug-likeness (QED) is 0.803. The smallest absolute Gasteiger partial charge is 0.228 e. The molecule has 3 heterocycles. The van der Waals surface area contributed by atoms with E-state index in [1.807, 2.05) is 17.5 Å². The van der Waals surface area contributed by atoms with Crippen molar-refractivity contribution in [2.45, 2.75) is 33.2 Å². The van der Waals surface area contributed by atoms with E-state index in [1.54, 1.807) is 17.5 Å². The van der Waals surface area contributed by atoms with Crippen LogP contribution in [0.4, 0.5) is 0 Å². The maximum absolute atomic E-state index is 6.15. The highest BCUT2D eigenvalue weighted by molar-refractivity contribution is 7.17. The van der Waals surface area contributed by atoms with Gasteiger partial charge in [-0.3, -0.25) is 4.98 Å². The first-order chi connectivity index (χ1) is 9.93. The molecule has 0 fully saturated rings. The van der Waals surface area contributed by atoms with Gasteiger partial charge in [-0.2, -0.15) is 4.98 Å². The number of fused-ring (bicyclic) bond motifs is 1. The summed E-state index contributed by atoms with van der Waals surface area (Å²) in [5.41, 5.74) is 8.01. The molecule has 0 bridgehead atoms. The highest BCUT2D eigenvalue weighted by Gasteiger charge is 2.23. The monoisotopic (exact) mass is 302 g/mol. The molecule has 3 rings (SSSR count). The standard InChI is InChI=1S/C15H18N4OS/c1-15(2,3)12(16)7-13-18-14(19-20-13)9-6-11-10(17-8-9)4-5-21-11/h4-6,8,12H,7,16H2,1-3H3. The van der Waals surface area contributed by atoms with E-state index in [1.165, 1.54) is 0 Å². The fourth-order valence-electron chi connectivity index (χ4n) is 1.92. The molecule has 2 N–H and O–H groups in total. The number of thiophene rings is 1. The van der Waals surface area contributed by atoms with Gasteiger partial charge in [-0.15, -0.1) is 11.3 Å². The molecular weight excluding hydrogens is 284 g/mol. The minimum Gasteiger partial charge on any atom is -0.339 e. The van der Waals surface area contributed by atoms with Crippen molar-refractivity contribution in [3.63, 3.8) is 0 Å². The van der Waals surface area contributed by atoms with Gasteiger partial charge in [0.25, 0.3) is 0 Å². The Balaban J connectivity index is 1.84. The number of aromatic nitrogens is 3. The van der Waals surface area contributed by atoms with Crippen molar-refractivity contribution < 1.29 is 4.52 Å². The van der Waals surface area contributed by atoms with Crippen molar-refractivity contribution in [1.82, 2.24) is 15.1 Å². The molecule has 1 atom stereocenters. The summed E-state index contributed by atoms with van der Waals surface area (Å²) in [5, 5.41) is 6.05. The van der Waals surface area contributed by atoms with Gasteiger partial charge in [0.15, 0.2) is 0 Å². The molecule has 0 aliphatic heterocycles. The van der Waals surface area contributed by atoms with Gasteiger partial charge in [0.2, 0.25) is 11.7 Å². The predicted octanol–water partition coefficient (Wildman–Crippen LogP) is 3.26. The third kappa shape index (κ3) is 2.96. The SMILES string of the molecule is CC(C)(C)C(N)Cc1nc(-c2cnc3ccsc3c2)no1. The van der Waals surface area contributed by atoms with Gasteiger partial charge in [0.1, 0.15) is 0 Å². The highest BCUT2D eigenvalue weighted by Crippen LogP contribution is 2.25. The molecule has 21 heavy (non-hydrogen) atoms. The molecule has 0 amide bonds. The van der Waals surface area contributed by atoms with Crippen LogP contribution in [-0.4, -0.2) is 21.2 Å². The summed E-state index contributed by atoms with van der Waals surface area (Å²) in [6.45, 7) is 6.30. The molecule has 3 aromatic rings. The van der Waals surface area contributed by atoms with Crippen LogP contribution in [0.15, 0.2) is 28.2 Å². The van der Waals surface area contributed by atoms with Crippen LogP contribution in [0.25, 0.3) is 21.6 Å². The summed E-state index contributed by atoms with van der Waals surface area (Å²) in [5.74, 6) is 1.13. The van der Waals surface area contributed by atoms with E-state index in [2.05, 4.69) is 35.9 Å². The second kappa shape index (κ2) is 5.20. The number of rotatable bonds is 3. The van der Waals surface area contributed by atoms with Crippen LogP contribution in [0, 0.1) is 5.41 Å². The molecule has 5 nitrogen and oxygen atoms in total. The number of nitrogens with zero attached hydrogens (tertiary/aromatic N) is 3. The lowest BCUT2D eigenvalue weighted by molar-refractivity contribution is 0.286. The third-order valence-corrected chi connectivity index (χ3v) is 4.39. The van der Waals surface area contributed by atoms with Gasteiger partial charge < -0.3 is 10.3 Å². The zero-order valence-corrected chi connectivity index (χ0v) is 13.1. The Morgan fingerprint density at radius 2 is 2.19 bits per heavy atom. The molecule has 6 heteroatoms. The van der Waals surface area contributed by atoms with E-state index in [0.29, 0.717) is 18.1 Å². The second-order valence-corrected chi connectivity index (χ2v) is 7.16.